The van der Waals surface area contributed by atoms with Gasteiger partial charge in [0.05, 0.1) is 12.8 Å². The Morgan fingerprint density at radius 3 is 3.07 bits per heavy atom. The van der Waals surface area contributed by atoms with E-state index in [1.54, 1.807) is 12.4 Å². The van der Waals surface area contributed by atoms with Crippen molar-refractivity contribution in [2.45, 2.75) is 13.5 Å². The van der Waals surface area contributed by atoms with Gasteiger partial charge in [-0.05, 0) is 13.0 Å². The van der Waals surface area contributed by atoms with Crippen molar-refractivity contribution >= 4 is 5.97 Å². The molecule has 0 aliphatic heterocycles. The second kappa shape index (κ2) is 3.61. The van der Waals surface area contributed by atoms with Crippen LogP contribution >= 0.6 is 0 Å². The Bertz CT molecular complexity index is 484. The number of carboxylic acids is 1. The van der Waals surface area contributed by atoms with Gasteiger partial charge < -0.3 is 14.1 Å². The van der Waals surface area contributed by atoms with Gasteiger partial charge in [0, 0.05) is 12.4 Å². The number of nitrogens with zero attached hydrogens (tertiary/aromatic N) is 2. The summed E-state index contributed by atoms with van der Waals surface area (Å²) in [7, 11) is 0. The van der Waals surface area contributed by atoms with Crippen LogP contribution in [0, 0.1) is 6.92 Å². The molecule has 0 aromatic carbocycles. The van der Waals surface area contributed by atoms with E-state index in [9.17, 15) is 4.79 Å². The molecule has 0 spiro atoms. The summed E-state index contributed by atoms with van der Waals surface area (Å²) >= 11 is 0. The third-order valence-corrected chi connectivity index (χ3v) is 2.21. The first kappa shape index (κ1) is 9.51. The molecular weight excluding hydrogens is 196 g/mol. The first-order chi connectivity index (χ1) is 7.18. The summed E-state index contributed by atoms with van der Waals surface area (Å²) in [5.74, 6) is 0.280. The van der Waals surface area contributed by atoms with Crippen molar-refractivity contribution in [1.82, 2.24) is 9.55 Å². The molecule has 15 heavy (non-hydrogen) atoms. The first-order valence-corrected chi connectivity index (χ1v) is 4.46. The first-order valence-electron chi connectivity index (χ1n) is 4.46. The molecule has 0 saturated heterocycles. The molecule has 0 fully saturated rings. The Balaban J connectivity index is 2.28. The molecule has 5 heteroatoms. The minimum Gasteiger partial charge on any atom is -0.478 e. The summed E-state index contributed by atoms with van der Waals surface area (Å²) in [6, 6.07) is 1.45. The monoisotopic (exact) mass is 206 g/mol. The van der Waals surface area contributed by atoms with Crippen LogP contribution in [0.15, 0.2) is 29.1 Å². The van der Waals surface area contributed by atoms with Gasteiger partial charge >= 0.3 is 5.97 Å². The number of carbonyl (C=O) groups is 1. The Kier molecular flexibility index (Phi) is 2.29. The fourth-order valence-electron chi connectivity index (χ4n) is 1.38. The Labute approximate surface area is 86.0 Å². The number of aromatic nitrogens is 2. The van der Waals surface area contributed by atoms with Crippen molar-refractivity contribution in [1.29, 1.82) is 0 Å². The van der Waals surface area contributed by atoms with Gasteiger partial charge in [-0.25, -0.2) is 9.78 Å². The molecule has 2 heterocycles. The van der Waals surface area contributed by atoms with E-state index in [1.165, 1.54) is 12.3 Å². The summed E-state index contributed by atoms with van der Waals surface area (Å²) in [5, 5.41) is 8.87. The highest BCUT2D eigenvalue weighted by Crippen LogP contribution is 2.13. The van der Waals surface area contributed by atoms with E-state index in [0.29, 0.717) is 12.3 Å². The lowest BCUT2D eigenvalue weighted by molar-refractivity contribution is 0.0694. The van der Waals surface area contributed by atoms with Crippen molar-refractivity contribution in [2.75, 3.05) is 0 Å². The molecule has 78 valence electrons. The van der Waals surface area contributed by atoms with Gasteiger partial charge in [-0.1, -0.05) is 0 Å². The van der Waals surface area contributed by atoms with Crippen LogP contribution in [-0.4, -0.2) is 20.6 Å². The van der Waals surface area contributed by atoms with E-state index in [4.69, 9.17) is 9.52 Å². The van der Waals surface area contributed by atoms with Crippen molar-refractivity contribution in [3.8, 4) is 0 Å². The predicted octanol–water partition coefficient (Wildman–Crippen LogP) is 1.53. The molecule has 0 atom stereocenters. The summed E-state index contributed by atoms with van der Waals surface area (Å²) in [5.41, 5.74) is 0.197. The third-order valence-electron chi connectivity index (χ3n) is 2.21. The van der Waals surface area contributed by atoms with Gasteiger partial charge in [0.25, 0.3) is 0 Å². The van der Waals surface area contributed by atoms with Crippen molar-refractivity contribution in [3.63, 3.8) is 0 Å². The highest BCUT2D eigenvalue weighted by Gasteiger charge is 2.13. The molecule has 2 rings (SSSR count). The largest absolute Gasteiger partial charge is 0.478 e. The maximum atomic E-state index is 10.8. The maximum absolute atomic E-state index is 10.8. The molecule has 2 aromatic rings. The molecule has 0 bridgehead atoms. The van der Waals surface area contributed by atoms with Gasteiger partial charge in [0.15, 0.2) is 0 Å². The number of rotatable bonds is 3. The lowest BCUT2D eigenvalue weighted by atomic mass is 10.2. The molecule has 0 unspecified atom stereocenters. The van der Waals surface area contributed by atoms with Crippen LogP contribution in [0.5, 0.6) is 0 Å². The van der Waals surface area contributed by atoms with Gasteiger partial charge in [0.2, 0.25) is 0 Å². The predicted molar refractivity (Wildman–Crippen MR) is 51.7 cm³/mol. The quantitative estimate of drug-likeness (QED) is 0.826. The zero-order chi connectivity index (χ0) is 10.8. The standard InChI is InChI=1S/C10H10N2O3/c1-7-11-3-4-12(7)6-9-8(10(13)14)2-5-15-9/h2-5H,6H2,1H3,(H,13,14). The van der Waals surface area contributed by atoms with Gasteiger partial charge in [-0.2, -0.15) is 0 Å². The van der Waals surface area contributed by atoms with E-state index in [2.05, 4.69) is 4.98 Å². The van der Waals surface area contributed by atoms with E-state index < -0.39 is 5.97 Å². The second-order valence-corrected chi connectivity index (χ2v) is 3.16. The molecule has 0 amide bonds. The molecule has 0 radical (unpaired) electrons. The second-order valence-electron chi connectivity index (χ2n) is 3.16. The van der Waals surface area contributed by atoms with Crippen LogP contribution < -0.4 is 0 Å². The number of aryl methyl sites for hydroxylation is 1. The summed E-state index contributed by atoms with van der Waals surface area (Å²) < 4.78 is 6.95. The smallest absolute Gasteiger partial charge is 0.339 e. The van der Waals surface area contributed by atoms with Crippen LogP contribution in [-0.2, 0) is 6.54 Å². The fourth-order valence-corrected chi connectivity index (χ4v) is 1.38. The molecule has 0 aliphatic carbocycles. The van der Waals surface area contributed by atoms with E-state index >= 15 is 0 Å². The SMILES string of the molecule is Cc1nccn1Cc1occc1C(=O)O. The number of furan rings is 1. The zero-order valence-electron chi connectivity index (χ0n) is 8.17. The van der Waals surface area contributed by atoms with Gasteiger partial charge in [0.1, 0.15) is 17.1 Å². The number of aromatic carboxylic acids is 1. The van der Waals surface area contributed by atoms with Crippen LogP contribution in [0.25, 0.3) is 0 Å². The average Bonchev–Trinajstić information content (AvgIpc) is 2.77. The Morgan fingerprint density at radius 2 is 2.47 bits per heavy atom. The zero-order valence-corrected chi connectivity index (χ0v) is 8.17. The number of hydrogen-bond acceptors (Lipinski definition) is 3. The maximum Gasteiger partial charge on any atom is 0.339 e. The highest BCUT2D eigenvalue weighted by atomic mass is 16.4. The average molecular weight is 206 g/mol. The highest BCUT2D eigenvalue weighted by molar-refractivity contribution is 5.88. The van der Waals surface area contributed by atoms with E-state index in [1.807, 2.05) is 11.5 Å². The molecule has 5 nitrogen and oxygen atoms in total. The van der Waals surface area contributed by atoms with Crippen molar-refractivity contribution in [3.05, 3.63) is 41.9 Å². The number of carboxylic acid groups (broad SMARTS) is 1. The van der Waals surface area contributed by atoms with Gasteiger partial charge in [-0.3, -0.25) is 0 Å². The fraction of sp³-hybridized carbons (Fsp3) is 0.200. The number of hydrogen-bond donors (Lipinski definition) is 1. The Hall–Kier alpha value is -2.04. The van der Waals surface area contributed by atoms with E-state index in [-0.39, 0.29) is 5.56 Å². The molecule has 0 aliphatic rings. The molecular formula is C10H10N2O3. The summed E-state index contributed by atoms with van der Waals surface area (Å²) in [4.78, 5) is 14.9. The normalized spacial score (nSPS) is 10.5. The summed E-state index contributed by atoms with van der Waals surface area (Å²) in [6.45, 7) is 2.24. The topological polar surface area (TPSA) is 68.3 Å². The Morgan fingerprint density at radius 1 is 1.67 bits per heavy atom. The van der Waals surface area contributed by atoms with Crippen molar-refractivity contribution in [2.24, 2.45) is 0 Å². The lowest BCUT2D eigenvalue weighted by Gasteiger charge is -2.02. The number of imidazole rings is 1. The molecule has 2 aromatic heterocycles. The van der Waals surface area contributed by atoms with Gasteiger partial charge in [-0.15, -0.1) is 0 Å². The van der Waals surface area contributed by atoms with E-state index in [0.717, 1.165) is 5.82 Å². The third kappa shape index (κ3) is 1.76. The van der Waals surface area contributed by atoms with Crippen LogP contribution in [0.2, 0.25) is 0 Å². The summed E-state index contributed by atoms with van der Waals surface area (Å²) in [6.07, 6.45) is 4.83. The molecule has 0 saturated carbocycles. The van der Waals surface area contributed by atoms with Crippen LogP contribution in [0.3, 0.4) is 0 Å². The minimum atomic E-state index is -0.975. The molecule has 1 N–H and O–H groups in total. The van der Waals surface area contributed by atoms with Crippen LogP contribution in [0.1, 0.15) is 21.9 Å². The van der Waals surface area contributed by atoms with Crippen molar-refractivity contribution < 1.29 is 14.3 Å². The minimum absolute atomic E-state index is 0.197. The van der Waals surface area contributed by atoms with Crippen LogP contribution in [0.4, 0.5) is 0 Å². The lowest BCUT2D eigenvalue weighted by Crippen LogP contribution is -2.05.